The van der Waals surface area contributed by atoms with Crippen molar-refractivity contribution in [1.29, 1.82) is 0 Å². The Hall–Kier alpha value is -3.94. The molecule has 146 valence electrons. The number of aromatic nitrogens is 4. The van der Waals surface area contributed by atoms with Crippen molar-refractivity contribution in [3.63, 3.8) is 0 Å². The lowest BCUT2D eigenvalue weighted by Gasteiger charge is -2.09. The van der Waals surface area contributed by atoms with E-state index in [0.717, 1.165) is 22.1 Å². The Morgan fingerprint density at radius 2 is 2.03 bits per heavy atom. The van der Waals surface area contributed by atoms with Gasteiger partial charge in [0.05, 0.1) is 31.4 Å². The first-order valence-corrected chi connectivity index (χ1v) is 8.91. The maximum atomic E-state index is 13.0. The van der Waals surface area contributed by atoms with Gasteiger partial charge < -0.3 is 9.47 Å². The van der Waals surface area contributed by atoms with Gasteiger partial charge in [-0.1, -0.05) is 24.3 Å². The third-order valence-electron chi connectivity index (χ3n) is 4.50. The molecular weight excluding hydrogens is 372 g/mol. The molecule has 0 atom stereocenters. The van der Waals surface area contributed by atoms with Crippen LogP contribution in [0.3, 0.4) is 0 Å². The average molecular weight is 390 g/mol. The van der Waals surface area contributed by atoms with Crippen molar-refractivity contribution >= 4 is 16.7 Å². The van der Waals surface area contributed by atoms with Gasteiger partial charge in [0.25, 0.3) is 5.56 Å². The predicted molar refractivity (Wildman–Crippen MR) is 107 cm³/mol. The van der Waals surface area contributed by atoms with Gasteiger partial charge in [0, 0.05) is 17.1 Å². The molecule has 4 aromatic rings. The summed E-state index contributed by atoms with van der Waals surface area (Å²) in [6, 6.07) is 12.8. The number of H-pyrrole nitrogens is 1. The molecule has 4 rings (SSSR count). The molecule has 0 saturated heterocycles. The highest BCUT2D eigenvalue weighted by Crippen LogP contribution is 2.21. The number of nitrogens with zero attached hydrogens (tertiary/aromatic N) is 3. The van der Waals surface area contributed by atoms with Gasteiger partial charge in [0.2, 0.25) is 0 Å². The first-order chi connectivity index (χ1) is 14.1. The standard InChI is InChI=1S/C21H18N4O4/c1-28-20(26)13-29-18-4-2-3-14(7-18)12-25-21(27)19-8-15(17-9-22-23-10-17)5-6-16(19)11-24-25/h2-11H,12-13H2,1H3,(H,22,23). The van der Waals surface area contributed by atoms with E-state index in [1.165, 1.54) is 11.8 Å². The Labute approximate surface area is 165 Å². The van der Waals surface area contributed by atoms with E-state index in [1.54, 1.807) is 36.8 Å². The maximum Gasteiger partial charge on any atom is 0.343 e. The fourth-order valence-electron chi connectivity index (χ4n) is 2.99. The first kappa shape index (κ1) is 18.4. The molecule has 8 nitrogen and oxygen atoms in total. The second-order valence-corrected chi connectivity index (χ2v) is 6.41. The third-order valence-corrected chi connectivity index (χ3v) is 4.50. The summed E-state index contributed by atoms with van der Waals surface area (Å²) in [5, 5.41) is 12.4. The van der Waals surface area contributed by atoms with E-state index in [-0.39, 0.29) is 18.7 Å². The lowest BCUT2D eigenvalue weighted by atomic mass is 10.1. The summed E-state index contributed by atoms with van der Waals surface area (Å²) in [6.45, 7) is 0.102. The summed E-state index contributed by atoms with van der Waals surface area (Å²) in [5.41, 5.74) is 2.45. The van der Waals surface area contributed by atoms with Crippen LogP contribution in [0.4, 0.5) is 0 Å². The number of hydrogen-bond acceptors (Lipinski definition) is 6. The van der Waals surface area contributed by atoms with Crippen LogP contribution in [0.15, 0.2) is 65.8 Å². The topological polar surface area (TPSA) is 99.1 Å². The second-order valence-electron chi connectivity index (χ2n) is 6.41. The molecule has 0 aliphatic heterocycles. The zero-order chi connectivity index (χ0) is 20.2. The summed E-state index contributed by atoms with van der Waals surface area (Å²) in [6.07, 6.45) is 5.16. The zero-order valence-corrected chi connectivity index (χ0v) is 15.7. The molecule has 0 saturated carbocycles. The van der Waals surface area contributed by atoms with Crippen LogP contribution in [0.1, 0.15) is 5.56 Å². The van der Waals surface area contributed by atoms with E-state index in [1.807, 2.05) is 24.3 Å². The van der Waals surface area contributed by atoms with E-state index in [2.05, 4.69) is 20.0 Å². The number of rotatable bonds is 6. The van der Waals surface area contributed by atoms with E-state index in [9.17, 15) is 9.59 Å². The van der Waals surface area contributed by atoms with Crippen molar-refractivity contribution in [2.45, 2.75) is 6.54 Å². The number of ether oxygens (including phenoxy) is 2. The maximum absolute atomic E-state index is 13.0. The van der Waals surface area contributed by atoms with Crippen molar-refractivity contribution in [2.75, 3.05) is 13.7 Å². The van der Waals surface area contributed by atoms with Crippen LogP contribution in [-0.2, 0) is 16.1 Å². The molecule has 2 aromatic carbocycles. The van der Waals surface area contributed by atoms with Gasteiger partial charge in [-0.05, 0) is 29.3 Å². The summed E-state index contributed by atoms with van der Waals surface area (Å²) < 4.78 is 11.4. The summed E-state index contributed by atoms with van der Waals surface area (Å²) >= 11 is 0. The fraction of sp³-hybridized carbons (Fsp3) is 0.143. The highest BCUT2D eigenvalue weighted by atomic mass is 16.6. The number of nitrogens with one attached hydrogen (secondary N) is 1. The Balaban J connectivity index is 1.62. The molecule has 0 aliphatic carbocycles. The van der Waals surface area contributed by atoms with Crippen molar-refractivity contribution in [3.05, 3.63) is 77.0 Å². The number of carbonyl (C=O) groups excluding carboxylic acids is 1. The zero-order valence-electron chi connectivity index (χ0n) is 15.7. The lowest BCUT2D eigenvalue weighted by Crippen LogP contribution is -2.23. The van der Waals surface area contributed by atoms with Gasteiger partial charge >= 0.3 is 5.97 Å². The Kier molecular flexibility index (Phi) is 5.07. The first-order valence-electron chi connectivity index (χ1n) is 8.91. The molecule has 1 N–H and O–H groups in total. The van der Waals surface area contributed by atoms with Gasteiger partial charge in [-0.3, -0.25) is 9.89 Å². The number of fused-ring (bicyclic) bond motifs is 1. The second kappa shape index (κ2) is 7.97. The van der Waals surface area contributed by atoms with E-state index < -0.39 is 5.97 Å². The normalized spacial score (nSPS) is 10.8. The van der Waals surface area contributed by atoms with Gasteiger partial charge in [-0.2, -0.15) is 10.2 Å². The molecule has 0 radical (unpaired) electrons. The van der Waals surface area contributed by atoms with Crippen molar-refractivity contribution in [2.24, 2.45) is 0 Å². The van der Waals surface area contributed by atoms with Crippen molar-refractivity contribution in [1.82, 2.24) is 20.0 Å². The number of aromatic amines is 1. The Bertz CT molecular complexity index is 1220. The van der Waals surface area contributed by atoms with Crippen molar-refractivity contribution in [3.8, 4) is 16.9 Å². The number of hydrogen-bond donors (Lipinski definition) is 1. The molecule has 0 aliphatic rings. The largest absolute Gasteiger partial charge is 0.482 e. The predicted octanol–water partition coefficient (Wildman–Crippen LogP) is 2.39. The fourth-order valence-corrected chi connectivity index (χ4v) is 2.99. The van der Waals surface area contributed by atoms with Crippen molar-refractivity contribution < 1.29 is 14.3 Å². The van der Waals surface area contributed by atoms with Gasteiger partial charge in [-0.25, -0.2) is 9.48 Å². The summed E-state index contributed by atoms with van der Waals surface area (Å²) in [5.74, 6) is 0.0558. The smallest absolute Gasteiger partial charge is 0.343 e. The van der Waals surface area contributed by atoms with Crippen LogP contribution >= 0.6 is 0 Å². The molecule has 2 aromatic heterocycles. The minimum Gasteiger partial charge on any atom is -0.482 e. The van der Waals surface area contributed by atoms with E-state index >= 15 is 0 Å². The molecule has 0 unspecified atom stereocenters. The van der Waals surface area contributed by atoms with Gasteiger partial charge in [0.15, 0.2) is 6.61 Å². The molecule has 0 spiro atoms. The van der Waals surface area contributed by atoms with Gasteiger partial charge in [-0.15, -0.1) is 0 Å². The van der Waals surface area contributed by atoms with Crippen LogP contribution in [0.5, 0.6) is 5.75 Å². The lowest BCUT2D eigenvalue weighted by molar-refractivity contribution is -0.142. The molecule has 2 heterocycles. The van der Waals surface area contributed by atoms with Crippen LogP contribution in [0.2, 0.25) is 0 Å². The molecular formula is C21H18N4O4. The number of benzene rings is 2. The molecule has 8 heteroatoms. The Morgan fingerprint density at radius 3 is 2.83 bits per heavy atom. The molecule has 29 heavy (non-hydrogen) atoms. The minimum atomic E-state index is -0.462. The summed E-state index contributed by atoms with van der Waals surface area (Å²) in [4.78, 5) is 24.2. The monoisotopic (exact) mass is 390 g/mol. The average Bonchev–Trinajstić information content (AvgIpc) is 3.29. The number of methoxy groups -OCH3 is 1. The molecule has 0 amide bonds. The van der Waals surface area contributed by atoms with E-state index in [4.69, 9.17) is 4.74 Å². The summed E-state index contributed by atoms with van der Waals surface area (Å²) in [7, 11) is 1.30. The Morgan fingerprint density at radius 1 is 1.14 bits per heavy atom. The molecule has 0 fully saturated rings. The highest BCUT2D eigenvalue weighted by Gasteiger charge is 2.09. The minimum absolute atomic E-state index is 0.176. The number of esters is 1. The van der Waals surface area contributed by atoms with Crippen LogP contribution < -0.4 is 10.3 Å². The van der Waals surface area contributed by atoms with Crippen LogP contribution in [-0.4, -0.2) is 39.7 Å². The quantitative estimate of drug-likeness (QED) is 0.508. The van der Waals surface area contributed by atoms with Crippen LogP contribution in [0, 0.1) is 0 Å². The molecule has 0 bridgehead atoms. The SMILES string of the molecule is COC(=O)COc1cccc(Cn2ncc3ccc(-c4cn[nH]c4)cc3c2=O)c1. The third kappa shape index (κ3) is 4.01. The highest BCUT2D eigenvalue weighted by molar-refractivity contribution is 5.85. The van der Waals surface area contributed by atoms with E-state index in [0.29, 0.717) is 11.1 Å². The number of carbonyl (C=O) groups is 1. The van der Waals surface area contributed by atoms with Gasteiger partial charge in [0.1, 0.15) is 5.75 Å². The van der Waals surface area contributed by atoms with Crippen LogP contribution in [0.25, 0.3) is 21.9 Å².